The highest BCUT2D eigenvalue weighted by molar-refractivity contribution is 6.31. The van der Waals surface area contributed by atoms with E-state index in [2.05, 4.69) is 69.8 Å². The molecule has 0 aromatic carbocycles. The molecule has 37 heavy (non-hydrogen) atoms. The lowest BCUT2D eigenvalue weighted by Crippen LogP contribution is -2.60. The van der Waals surface area contributed by atoms with Crippen molar-refractivity contribution in [3.8, 4) is 0 Å². The zero-order chi connectivity index (χ0) is 27.0. The van der Waals surface area contributed by atoms with Crippen molar-refractivity contribution in [1.29, 1.82) is 0 Å². The second-order valence-electron chi connectivity index (χ2n) is 10.4. The van der Waals surface area contributed by atoms with E-state index in [0.29, 0.717) is 24.3 Å². The second-order valence-corrected chi connectivity index (χ2v) is 10.8. The Kier molecular flexibility index (Phi) is 10.7. The summed E-state index contributed by atoms with van der Waals surface area (Å²) in [6.07, 6.45) is 15.1. The molecule has 2 saturated heterocycles. The van der Waals surface area contributed by atoms with Crippen molar-refractivity contribution in [2.24, 2.45) is 0 Å². The number of carbonyl (C=O) groups is 1. The molecule has 204 valence electrons. The van der Waals surface area contributed by atoms with E-state index in [1.165, 1.54) is 18.4 Å². The zero-order valence-electron chi connectivity index (χ0n) is 23.5. The van der Waals surface area contributed by atoms with Crippen LogP contribution in [0.15, 0.2) is 47.3 Å². The van der Waals surface area contributed by atoms with E-state index in [4.69, 9.17) is 11.6 Å². The number of hydrogen-bond donors (Lipinski definition) is 1. The molecule has 1 aromatic rings. The molecule has 1 unspecified atom stereocenters. The lowest BCUT2D eigenvalue weighted by molar-refractivity contribution is 0.0375. The summed E-state index contributed by atoms with van der Waals surface area (Å²) in [5.41, 5.74) is 1.63. The first-order valence-electron chi connectivity index (χ1n) is 13.8. The Morgan fingerprint density at radius 2 is 1.81 bits per heavy atom. The number of aromatic nitrogens is 2. The fourth-order valence-corrected chi connectivity index (χ4v) is 5.70. The number of nitrogens with zero attached hydrogens (tertiary/aromatic N) is 5. The molecule has 1 atom stereocenters. The maximum Gasteiger partial charge on any atom is 0.271 e. The molecular weight excluding hydrogens is 484 g/mol. The minimum Gasteiger partial charge on any atom is -0.352 e. The standard InChI is InChI=1S/C29H45ClN6O/c1-7-22(11-12-23(30)8-2)29(5,6)35-15-13-25(14-16-35)36-18-17-34(21-24(36)9-3)27-20-32-26(19-33-27)28(37)31-10-4/h7-8,11-12,19-20,24-25H,9-10,13-18,21H2,1-6H3,(H,31,37)/b12-11-,22-7+,23-8+. The maximum absolute atomic E-state index is 12.0. The number of piperazine rings is 1. The highest BCUT2D eigenvalue weighted by atomic mass is 35.5. The summed E-state index contributed by atoms with van der Waals surface area (Å²) < 4.78 is 0. The number of carbonyl (C=O) groups excluding carboxylic acids is 1. The van der Waals surface area contributed by atoms with Gasteiger partial charge >= 0.3 is 0 Å². The molecule has 0 spiro atoms. The van der Waals surface area contributed by atoms with Crippen LogP contribution in [0.1, 0.15) is 71.3 Å². The van der Waals surface area contributed by atoms with Crippen molar-refractivity contribution in [3.05, 3.63) is 53.0 Å². The second kappa shape index (κ2) is 13.5. The van der Waals surface area contributed by atoms with E-state index in [1.807, 2.05) is 26.0 Å². The summed E-state index contributed by atoms with van der Waals surface area (Å²) in [4.78, 5) is 28.6. The Bertz CT molecular complexity index is 979. The third kappa shape index (κ3) is 7.21. The molecule has 0 saturated carbocycles. The number of amides is 1. The van der Waals surface area contributed by atoms with Crippen LogP contribution in [0.25, 0.3) is 0 Å². The van der Waals surface area contributed by atoms with Crippen molar-refractivity contribution in [2.45, 2.75) is 78.4 Å². The molecule has 0 radical (unpaired) electrons. The van der Waals surface area contributed by atoms with Gasteiger partial charge in [-0.2, -0.15) is 0 Å². The van der Waals surface area contributed by atoms with Crippen LogP contribution in [0.3, 0.4) is 0 Å². The van der Waals surface area contributed by atoms with Gasteiger partial charge in [0.25, 0.3) is 5.91 Å². The van der Waals surface area contributed by atoms with Crippen LogP contribution in [-0.2, 0) is 0 Å². The average Bonchev–Trinajstić information content (AvgIpc) is 2.93. The fourth-order valence-electron chi connectivity index (χ4n) is 5.63. The van der Waals surface area contributed by atoms with Crippen LogP contribution in [0.4, 0.5) is 5.82 Å². The van der Waals surface area contributed by atoms with Gasteiger partial charge in [-0.05, 0) is 65.5 Å². The quantitative estimate of drug-likeness (QED) is 0.454. The number of nitrogens with one attached hydrogen (secondary N) is 1. The third-order valence-electron chi connectivity index (χ3n) is 7.97. The largest absolute Gasteiger partial charge is 0.352 e. The van der Waals surface area contributed by atoms with E-state index in [9.17, 15) is 4.79 Å². The number of piperidine rings is 1. The third-order valence-corrected chi connectivity index (χ3v) is 8.32. The summed E-state index contributed by atoms with van der Waals surface area (Å²) in [5, 5.41) is 3.54. The van der Waals surface area contributed by atoms with Gasteiger partial charge in [-0.1, -0.05) is 36.8 Å². The number of likely N-dealkylation sites (tertiary alicyclic amines) is 1. The summed E-state index contributed by atoms with van der Waals surface area (Å²) in [6, 6.07) is 1.09. The maximum atomic E-state index is 12.0. The van der Waals surface area contributed by atoms with Gasteiger partial charge in [0.2, 0.25) is 0 Å². The van der Waals surface area contributed by atoms with Gasteiger partial charge in [0.15, 0.2) is 0 Å². The molecule has 2 aliphatic heterocycles. The lowest BCUT2D eigenvalue weighted by atomic mass is 9.87. The molecule has 1 N–H and O–H groups in total. The predicted molar refractivity (Wildman–Crippen MR) is 154 cm³/mol. The minimum absolute atomic E-state index is 0.0388. The average molecular weight is 529 g/mol. The van der Waals surface area contributed by atoms with Crippen molar-refractivity contribution in [3.63, 3.8) is 0 Å². The highest BCUT2D eigenvalue weighted by Crippen LogP contribution is 2.32. The first-order valence-corrected chi connectivity index (χ1v) is 14.2. The van der Waals surface area contributed by atoms with Gasteiger partial charge in [0.05, 0.1) is 12.4 Å². The number of allylic oxidation sites excluding steroid dienone is 4. The van der Waals surface area contributed by atoms with Gasteiger partial charge in [0, 0.05) is 61.9 Å². The molecule has 1 amide bonds. The molecule has 0 aliphatic carbocycles. The Labute approximate surface area is 228 Å². The van der Waals surface area contributed by atoms with Crippen LogP contribution >= 0.6 is 11.6 Å². The first-order chi connectivity index (χ1) is 17.7. The molecule has 8 heteroatoms. The van der Waals surface area contributed by atoms with Crippen LogP contribution in [0.2, 0.25) is 0 Å². The smallest absolute Gasteiger partial charge is 0.271 e. The van der Waals surface area contributed by atoms with Crippen molar-refractivity contribution >= 4 is 23.3 Å². The summed E-state index contributed by atoms with van der Waals surface area (Å²) in [7, 11) is 0. The van der Waals surface area contributed by atoms with E-state index in [-0.39, 0.29) is 11.4 Å². The zero-order valence-corrected chi connectivity index (χ0v) is 24.3. The molecule has 3 rings (SSSR count). The van der Waals surface area contributed by atoms with Crippen molar-refractivity contribution in [2.75, 3.05) is 44.2 Å². The molecular formula is C29H45ClN6O. The highest BCUT2D eigenvalue weighted by Gasteiger charge is 2.37. The first kappa shape index (κ1) is 29.3. The van der Waals surface area contributed by atoms with E-state index < -0.39 is 0 Å². The monoisotopic (exact) mass is 528 g/mol. The lowest BCUT2D eigenvalue weighted by Gasteiger charge is -2.50. The van der Waals surface area contributed by atoms with Crippen LogP contribution in [0.5, 0.6) is 0 Å². The summed E-state index contributed by atoms with van der Waals surface area (Å²) >= 11 is 6.22. The number of anilines is 1. The van der Waals surface area contributed by atoms with Crippen LogP contribution in [0, 0.1) is 0 Å². The normalized spacial score (nSPS) is 21.6. The molecule has 2 aliphatic rings. The van der Waals surface area contributed by atoms with Gasteiger partial charge < -0.3 is 10.2 Å². The molecule has 7 nitrogen and oxygen atoms in total. The Morgan fingerprint density at radius 3 is 2.38 bits per heavy atom. The molecule has 1 aromatic heterocycles. The predicted octanol–water partition coefficient (Wildman–Crippen LogP) is 5.02. The molecule has 2 fully saturated rings. The number of hydrogen-bond acceptors (Lipinski definition) is 6. The SMILES string of the molecule is C\C=C(Cl)/C=C\C(=C/C)C(C)(C)N1CCC(N2CCN(c3cnc(C(=O)NCC)cn3)CC2CC)CC1. The number of rotatable bonds is 9. The fraction of sp³-hybridized carbons (Fsp3) is 0.621. The van der Waals surface area contributed by atoms with E-state index >= 15 is 0 Å². The Balaban J connectivity index is 1.59. The van der Waals surface area contributed by atoms with Crippen molar-refractivity contribution < 1.29 is 4.79 Å². The van der Waals surface area contributed by atoms with Gasteiger partial charge in [-0.3, -0.25) is 14.6 Å². The Morgan fingerprint density at radius 1 is 1.08 bits per heavy atom. The summed E-state index contributed by atoms with van der Waals surface area (Å²) in [5.74, 6) is 0.680. The van der Waals surface area contributed by atoms with Crippen LogP contribution < -0.4 is 10.2 Å². The Hall–Kier alpha value is -2.22. The minimum atomic E-state index is -0.175. The summed E-state index contributed by atoms with van der Waals surface area (Å²) in [6.45, 7) is 18.5. The molecule has 0 bridgehead atoms. The molecule has 3 heterocycles. The topological polar surface area (TPSA) is 64.6 Å². The van der Waals surface area contributed by atoms with Crippen LogP contribution in [-0.4, -0.2) is 82.6 Å². The van der Waals surface area contributed by atoms with Gasteiger partial charge in [-0.25, -0.2) is 9.97 Å². The van der Waals surface area contributed by atoms with Gasteiger partial charge in [0.1, 0.15) is 11.5 Å². The van der Waals surface area contributed by atoms with Gasteiger partial charge in [-0.15, -0.1) is 0 Å². The van der Waals surface area contributed by atoms with E-state index in [0.717, 1.165) is 50.0 Å². The number of halogens is 1. The van der Waals surface area contributed by atoms with Crippen molar-refractivity contribution in [1.82, 2.24) is 25.1 Å². The van der Waals surface area contributed by atoms with E-state index in [1.54, 1.807) is 12.4 Å².